The Morgan fingerprint density at radius 1 is 1.42 bits per heavy atom. The molecule has 1 unspecified atom stereocenters. The van der Waals surface area contributed by atoms with Gasteiger partial charge in [-0.2, -0.15) is 0 Å². The quantitative estimate of drug-likeness (QED) is 0.857. The second kappa shape index (κ2) is 5.93. The Balaban J connectivity index is 2.36. The molecule has 1 atom stereocenters. The van der Waals surface area contributed by atoms with E-state index in [1.165, 1.54) is 17.5 Å². The first-order valence-electron chi connectivity index (χ1n) is 7.24. The highest BCUT2D eigenvalue weighted by atomic mass is 16.5. The third-order valence-electron chi connectivity index (χ3n) is 4.08. The molecule has 0 amide bonds. The molecule has 19 heavy (non-hydrogen) atoms. The zero-order valence-corrected chi connectivity index (χ0v) is 12.3. The minimum Gasteiger partial charge on any atom is -0.497 e. The largest absolute Gasteiger partial charge is 0.497 e. The lowest BCUT2D eigenvalue weighted by molar-refractivity contribution is 0.278. The molecule has 1 aliphatic rings. The molecule has 1 aromatic carbocycles. The summed E-state index contributed by atoms with van der Waals surface area (Å²) in [4.78, 5) is 0. The number of nitrogens with two attached hydrogens (primary N) is 1. The van der Waals surface area contributed by atoms with Crippen molar-refractivity contribution in [2.24, 2.45) is 11.7 Å². The van der Waals surface area contributed by atoms with Gasteiger partial charge in [-0.25, -0.2) is 0 Å². The third kappa shape index (κ3) is 2.93. The lowest BCUT2D eigenvalue weighted by Gasteiger charge is -2.40. The van der Waals surface area contributed by atoms with Gasteiger partial charge in [-0.05, 0) is 55.0 Å². The van der Waals surface area contributed by atoms with E-state index in [2.05, 4.69) is 31.3 Å². The Hall–Kier alpha value is -1.06. The van der Waals surface area contributed by atoms with Crippen molar-refractivity contribution in [2.45, 2.75) is 38.6 Å². The smallest absolute Gasteiger partial charge is 0.119 e. The highest BCUT2D eigenvalue weighted by molar-refractivity contribution is 5.42. The number of rotatable bonds is 5. The van der Waals surface area contributed by atoms with Gasteiger partial charge in [0.25, 0.3) is 0 Å². The summed E-state index contributed by atoms with van der Waals surface area (Å²) in [5.41, 5.74) is 8.80. The first-order chi connectivity index (χ1) is 9.11. The molecule has 0 spiro atoms. The number of hydrogen-bond donors (Lipinski definition) is 2. The van der Waals surface area contributed by atoms with Crippen molar-refractivity contribution >= 4 is 0 Å². The SMILES string of the molecule is COc1ccc2c(c1)C(CN)(NCC(C)C)CCC2. The van der Waals surface area contributed by atoms with Crippen LogP contribution in [0.1, 0.15) is 37.8 Å². The summed E-state index contributed by atoms with van der Waals surface area (Å²) in [5, 5.41) is 3.71. The average molecular weight is 262 g/mol. The molecule has 1 aromatic rings. The van der Waals surface area contributed by atoms with Crippen LogP contribution in [0.15, 0.2) is 18.2 Å². The molecule has 0 saturated carbocycles. The molecule has 0 radical (unpaired) electrons. The van der Waals surface area contributed by atoms with E-state index in [4.69, 9.17) is 10.5 Å². The maximum Gasteiger partial charge on any atom is 0.119 e. The second-order valence-corrected chi connectivity index (χ2v) is 5.94. The van der Waals surface area contributed by atoms with E-state index in [0.717, 1.165) is 25.1 Å². The fourth-order valence-corrected chi connectivity index (χ4v) is 2.93. The van der Waals surface area contributed by atoms with Crippen LogP contribution in [0, 0.1) is 5.92 Å². The predicted molar refractivity (Wildman–Crippen MR) is 79.5 cm³/mol. The zero-order valence-electron chi connectivity index (χ0n) is 12.3. The fraction of sp³-hybridized carbons (Fsp3) is 0.625. The van der Waals surface area contributed by atoms with E-state index in [9.17, 15) is 0 Å². The van der Waals surface area contributed by atoms with Gasteiger partial charge in [0.2, 0.25) is 0 Å². The van der Waals surface area contributed by atoms with Crippen LogP contribution < -0.4 is 15.8 Å². The van der Waals surface area contributed by atoms with Gasteiger partial charge in [-0.15, -0.1) is 0 Å². The zero-order chi connectivity index (χ0) is 13.9. The monoisotopic (exact) mass is 262 g/mol. The van der Waals surface area contributed by atoms with Crippen LogP contribution in [-0.4, -0.2) is 20.2 Å². The first kappa shape index (κ1) is 14.4. The van der Waals surface area contributed by atoms with Crippen LogP contribution in [0.4, 0.5) is 0 Å². The highest BCUT2D eigenvalue weighted by Crippen LogP contribution is 2.36. The summed E-state index contributed by atoms with van der Waals surface area (Å²) in [6.07, 6.45) is 3.45. The van der Waals surface area contributed by atoms with Crippen molar-refractivity contribution in [3.63, 3.8) is 0 Å². The Labute approximate surface area is 116 Å². The molecule has 106 valence electrons. The summed E-state index contributed by atoms with van der Waals surface area (Å²) in [6.45, 7) is 6.09. The summed E-state index contributed by atoms with van der Waals surface area (Å²) in [5.74, 6) is 1.55. The summed E-state index contributed by atoms with van der Waals surface area (Å²) < 4.78 is 5.38. The number of aryl methyl sites for hydroxylation is 1. The number of fused-ring (bicyclic) bond motifs is 1. The number of methoxy groups -OCH3 is 1. The topological polar surface area (TPSA) is 47.3 Å². The Morgan fingerprint density at radius 2 is 2.21 bits per heavy atom. The minimum atomic E-state index is -0.0770. The highest BCUT2D eigenvalue weighted by Gasteiger charge is 2.35. The molecule has 0 fully saturated rings. The van der Waals surface area contributed by atoms with Gasteiger partial charge in [-0.3, -0.25) is 0 Å². The number of hydrogen-bond acceptors (Lipinski definition) is 3. The van der Waals surface area contributed by atoms with E-state index in [1.54, 1.807) is 7.11 Å². The Bertz CT molecular complexity index is 431. The van der Waals surface area contributed by atoms with Crippen LogP contribution in [0.2, 0.25) is 0 Å². The van der Waals surface area contributed by atoms with Gasteiger partial charge in [0.1, 0.15) is 5.75 Å². The standard InChI is InChI=1S/C16H26N2O/c1-12(2)10-18-16(11-17)8-4-5-13-6-7-14(19-3)9-15(13)16/h6-7,9,12,18H,4-5,8,10-11,17H2,1-3H3. The molecule has 1 aliphatic carbocycles. The van der Waals surface area contributed by atoms with Crippen molar-refractivity contribution in [3.8, 4) is 5.75 Å². The Kier molecular flexibility index (Phi) is 4.48. The van der Waals surface area contributed by atoms with Crippen LogP contribution in [-0.2, 0) is 12.0 Å². The fourth-order valence-electron chi connectivity index (χ4n) is 2.93. The van der Waals surface area contributed by atoms with E-state index in [1.807, 2.05) is 6.07 Å². The average Bonchev–Trinajstić information content (AvgIpc) is 2.44. The molecule has 0 heterocycles. The summed E-state index contributed by atoms with van der Waals surface area (Å²) in [6, 6.07) is 6.40. The van der Waals surface area contributed by atoms with Gasteiger partial charge in [-0.1, -0.05) is 19.9 Å². The maximum atomic E-state index is 6.13. The van der Waals surface area contributed by atoms with Crippen molar-refractivity contribution in [3.05, 3.63) is 29.3 Å². The van der Waals surface area contributed by atoms with Crippen molar-refractivity contribution < 1.29 is 4.74 Å². The molecule has 2 rings (SSSR count). The van der Waals surface area contributed by atoms with E-state index < -0.39 is 0 Å². The summed E-state index contributed by atoms with van der Waals surface area (Å²) >= 11 is 0. The van der Waals surface area contributed by atoms with Gasteiger partial charge in [0.05, 0.1) is 12.6 Å². The molecule has 3 heteroatoms. The first-order valence-corrected chi connectivity index (χ1v) is 7.24. The number of ether oxygens (including phenoxy) is 1. The van der Waals surface area contributed by atoms with Gasteiger partial charge in [0.15, 0.2) is 0 Å². The van der Waals surface area contributed by atoms with E-state index in [-0.39, 0.29) is 5.54 Å². The molecule has 0 bridgehead atoms. The minimum absolute atomic E-state index is 0.0770. The normalized spacial score (nSPS) is 22.4. The molecule has 3 N–H and O–H groups in total. The molecule has 3 nitrogen and oxygen atoms in total. The molecular weight excluding hydrogens is 236 g/mol. The third-order valence-corrected chi connectivity index (χ3v) is 4.08. The van der Waals surface area contributed by atoms with E-state index in [0.29, 0.717) is 12.5 Å². The van der Waals surface area contributed by atoms with Crippen LogP contribution in [0.25, 0.3) is 0 Å². The van der Waals surface area contributed by atoms with Gasteiger partial charge >= 0.3 is 0 Å². The van der Waals surface area contributed by atoms with E-state index >= 15 is 0 Å². The van der Waals surface area contributed by atoms with Crippen molar-refractivity contribution in [2.75, 3.05) is 20.2 Å². The lowest BCUT2D eigenvalue weighted by Crippen LogP contribution is -2.51. The predicted octanol–water partition coefficient (Wildman–Crippen LogP) is 2.43. The van der Waals surface area contributed by atoms with Crippen molar-refractivity contribution in [1.82, 2.24) is 5.32 Å². The lowest BCUT2D eigenvalue weighted by atomic mass is 9.76. The second-order valence-electron chi connectivity index (χ2n) is 5.94. The number of nitrogens with one attached hydrogen (secondary N) is 1. The molecule has 0 aliphatic heterocycles. The van der Waals surface area contributed by atoms with Crippen LogP contribution in [0.5, 0.6) is 5.75 Å². The molecule has 0 aromatic heterocycles. The van der Waals surface area contributed by atoms with Gasteiger partial charge < -0.3 is 15.8 Å². The van der Waals surface area contributed by atoms with Gasteiger partial charge in [0, 0.05) is 6.54 Å². The maximum absolute atomic E-state index is 6.13. The molecular formula is C16H26N2O. The Morgan fingerprint density at radius 3 is 2.84 bits per heavy atom. The summed E-state index contributed by atoms with van der Waals surface area (Å²) in [7, 11) is 1.72. The molecule has 0 saturated heterocycles. The number of benzene rings is 1. The van der Waals surface area contributed by atoms with Crippen LogP contribution >= 0.6 is 0 Å². The van der Waals surface area contributed by atoms with Crippen molar-refractivity contribution in [1.29, 1.82) is 0 Å². The van der Waals surface area contributed by atoms with Crippen LogP contribution in [0.3, 0.4) is 0 Å².